The van der Waals surface area contributed by atoms with Gasteiger partial charge >= 0.3 is 0 Å². The van der Waals surface area contributed by atoms with Crippen molar-refractivity contribution in [3.63, 3.8) is 0 Å². The first-order valence-corrected chi connectivity index (χ1v) is 9.62. The maximum atomic E-state index is 13.6. The molecule has 1 aliphatic heterocycles. The van der Waals surface area contributed by atoms with E-state index in [2.05, 4.69) is 38.7 Å². The highest BCUT2D eigenvalue weighted by molar-refractivity contribution is 5.89. The van der Waals surface area contributed by atoms with E-state index >= 15 is 0 Å². The van der Waals surface area contributed by atoms with E-state index in [4.69, 9.17) is 4.74 Å². The number of fused-ring (bicyclic) bond motifs is 1. The molecule has 0 saturated carbocycles. The normalized spacial score (nSPS) is 15.4. The molecule has 1 fully saturated rings. The number of carbonyl (C=O) groups is 1. The summed E-state index contributed by atoms with van der Waals surface area (Å²) in [5, 5.41) is 4.12. The number of aromatic amines is 1. The lowest BCUT2D eigenvalue weighted by Gasteiger charge is -2.15. The highest BCUT2D eigenvalue weighted by Gasteiger charge is 2.25. The summed E-state index contributed by atoms with van der Waals surface area (Å²) in [5.41, 5.74) is 1.19. The number of hydrogen-bond donors (Lipinski definition) is 2. The minimum Gasteiger partial charge on any atom is -0.478 e. The van der Waals surface area contributed by atoms with Crippen LogP contribution in [0.3, 0.4) is 0 Å². The first-order chi connectivity index (χ1) is 15.0. The molecule has 1 amide bonds. The number of aromatic nitrogens is 3. The lowest BCUT2D eigenvalue weighted by molar-refractivity contribution is -0.125. The SMILES string of the molecule is C=CC(=O)N1CC[C@@H](Nc2ncnc3[nH]c(C#CCOc4cc(F)ccc4F)cc23)C1. The average Bonchev–Trinajstić information content (AvgIpc) is 3.40. The maximum Gasteiger partial charge on any atom is 0.246 e. The number of nitrogens with one attached hydrogen (secondary N) is 2. The molecule has 0 spiro atoms. The Morgan fingerprint density at radius 1 is 1.39 bits per heavy atom. The Bertz CT molecular complexity index is 1200. The van der Waals surface area contributed by atoms with E-state index in [1.807, 2.05) is 0 Å². The van der Waals surface area contributed by atoms with Gasteiger partial charge in [0.15, 0.2) is 11.6 Å². The Morgan fingerprint density at radius 3 is 3.10 bits per heavy atom. The smallest absolute Gasteiger partial charge is 0.246 e. The molecule has 1 saturated heterocycles. The van der Waals surface area contributed by atoms with Crippen LogP contribution in [0.4, 0.5) is 14.6 Å². The molecule has 1 atom stereocenters. The van der Waals surface area contributed by atoms with E-state index in [-0.39, 0.29) is 24.3 Å². The third-order valence-electron chi connectivity index (χ3n) is 4.86. The van der Waals surface area contributed by atoms with E-state index in [0.29, 0.717) is 30.2 Å². The highest BCUT2D eigenvalue weighted by Crippen LogP contribution is 2.23. The summed E-state index contributed by atoms with van der Waals surface area (Å²) in [6.45, 7) is 4.64. The zero-order chi connectivity index (χ0) is 21.8. The fourth-order valence-electron chi connectivity index (χ4n) is 3.36. The molecular weight excluding hydrogens is 404 g/mol. The third kappa shape index (κ3) is 4.64. The maximum absolute atomic E-state index is 13.6. The monoisotopic (exact) mass is 423 g/mol. The van der Waals surface area contributed by atoms with Crippen LogP contribution in [0, 0.1) is 23.5 Å². The molecule has 9 heteroatoms. The number of anilines is 1. The van der Waals surface area contributed by atoms with E-state index in [0.717, 1.165) is 30.0 Å². The van der Waals surface area contributed by atoms with Crippen LogP contribution in [0.5, 0.6) is 5.75 Å². The summed E-state index contributed by atoms with van der Waals surface area (Å²) in [6, 6.07) is 4.86. The second-order valence-corrected chi connectivity index (χ2v) is 6.95. The lowest BCUT2D eigenvalue weighted by Crippen LogP contribution is -2.30. The van der Waals surface area contributed by atoms with Gasteiger partial charge in [-0.25, -0.2) is 18.7 Å². The van der Waals surface area contributed by atoms with Gasteiger partial charge in [-0.3, -0.25) is 4.79 Å². The number of benzene rings is 1. The van der Waals surface area contributed by atoms with Crippen LogP contribution in [-0.4, -0.2) is 51.5 Å². The van der Waals surface area contributed by atoms with E-state index in [9.17, 15) is 13.6 Å². The second-order valence-electron chi connectivity index (χ2n) is 6.95. The van der Waals surface area contributed by atoms with E-state index in [1.165, 1.54) is 12.4 Å². The number of hydrogen-bond acceptors (Lipinski definition) is 5. The second kappa shape index (κ2) is 8.83. The molecule has 31 heavy (non-hydrogen) atoms. The standard InChI is InChI=1S/C22H19F2N5O2/c1-2-20(30)29-8-7-16(12-29)28-22-17-11-15(27-21(17)25-13-26-22)4-3-9-31-19-10-14(23)5-6-18(19)24/h2,5-6,10-11,13,16H,1,7-9,12H2,(H2,25,26,27,28)/t16-/m1/s1. The van der Waals surface area contributed by atoms with Gasteiger partial charge in [0.05, 0.1) is 11.1 Å². The van der Waals surface area contributed by atoms with Crippen molar-refractivity contribution in [2.75, 3.05) is 25.0 Å². The zero-order valence-corrected chi connectivity index (χ0v) is 16.5. The number of ether oxygens (including phenoxy) is 1. The molecule has 7 nitrogen and oxygen atoms in total. The van der Waals surface area contributed by atoms with Crippen molar-refractivity contribution < 1.29 is 18.3 Å². The van der Waals surface area contributed by atoms with E-state index in [1.54, 1.807) is 11.0 Å². The summed E-state index contributed by atoms with van der Waals surface area (Å²) in [4.78, 5) is 25.1. The van der Waals surface area contributed by atoms with Crippen molar-refractivity contribution in [1.82, 2.24) is 19.9 Å². The third-order valence-corrected chi connectivity index (χ3v) is 4.86. The fourth-order valence-corrected chi connectivity index (χ4v) is 3.36. The molecule has 0 radical (unpaired) electrons. The summed E-state index contributed by atoms with van der Waals surface area (Å²) in [7, 11) is 0. The van der Waals surface area contributed by atoms with Crippen LogP contribution < -0.4 is 10.1 Å². The van der Waals surface area contributed by atoms with Gasteiger partial charge in [-0.15, -0.1) is 0 Å². The topological polar surface area (TPSA) is 83.1 Å². The van der Waals surface area contributed by atoms with Crippen LogP contribution in [0.25, 0.3) is 11.0 Å². The molecule has 0 aliphatic carbocycles. The number of carbonyl (C=O) groups excluding carboxylic acids is 1. The zero-order valence-electron chi connectivity index (χ0n) is 16.5. The minimum atomic E-state index is -0.653. The fraction of sp³-hybridized carbons (Fsp3) is 0.227. The van der Waals surface area contributed by atoms with Gasteiger partial charge < -0.3 is 19.9 Å². The summed E-state index contributed by atoms with van der Waals surface area (Å²) in [6.07, 6.45) is 3.56. The van der Waals surface area contributed by atoms with Crippen molar-refractivity contribution in [2.24, 2.45) is 0 Å². The number of halogens is 2. The number of rotatable bonds is 5. The summed E-state index contributed by atoms with van der Waals surface area (Å²) < 4.78 is 31.9. The Balaban J connectivity index is 1.43. The van der Waals surface area contributed by atoms with Crippen molar-refractivity contribution in [3.8, 4) is 17.6 Å². The van der Waals surface area contributed by atoms with Gasteiger partial charge in [-0.05, 0) is 36.6 Å². The predicted molar refractivity (Wildman–Crippen MR) is 111 cm³/mol. The molecule has 158 valence electrons. The van der Waals surface area contributed by atoms with Crippen LogP contribution in [0.2, 0.25) is 0 Å². The lowest BCUT2D eigenvalue weighted by atomic mass is 10.2. The van der Waals surface area contributed by atoms with Gasteiger partial charge in [-0.2, -0.15) is 0 Å². The van der Waals surface area contributed by atoms with Crippen molar-refractivity contribution in [3.05, 3.63) is 60.6 Å². The van der Waals surface area contributed by atoms with Crippen molar-refractivity contribution >= 4 is 22.8 Å². The molecule has 3 heterocycles. The molecule has 2 N–H and O–H groups in total. The van der Waals surface area contributed by atoms with Crippen LogP contribution >= 0.6 is 0 Å². The summed E-state index contributed by atoms with van der Waals surface area (Å²) >= 11 is 0. The molecule has 0 bridgehead atoms. The van der Waals surface area contributed by atoms with Gasteiger partial charge in [0, 0.05) is 25.2 Å². The Kier molecular flexibility index (Phi) is 5.80. The van der Waals surface area contributed by atoms with Crippen LogP contribution in [-0.2, 0) is 4.79 Å². The van der Waals surface area contributed by atoms with E-state index < -0.39 is 11.6 Å². The number of likely N-dealkylation sites (tertiary alicyclic amines) is 1. The largest absolute Gasteiger partial charge is 0.478 e. The Morgan fingerprint density at radius 2 is 2.26 bits per heavy atom. The van der Waals surface area contributed by atoms with Crippen molar-refractivity contribution in [1.29, 1.82) is 0 Å². The van der Waals surface area contributed by atoms with Crippen LogP contribution in [0.1, 0.15) is 12.1 Å². The minimum absolute atomic E-state index is 0.0704. The number of amides is 1. The molecule has 3 aromatic rings. The Hall–Kier alpha value is -3.93. The number of H-pyrrole nitrogens is 1. The molecule has 0 unspecified atom stereocenters. The van der Waals surface area contributed by atoms with Crippen molar-refractivity contribution in [2.45, 2.75) is 12.5 Å². The van der Waals surface area contributed by atoms with Gasteiger partial charge in [0.25, 0.3) is 0 Å². The average molecular weight is 423 g/mol. The predicted octanol–water partition coefficient (Wildman–Crippen LogP) is 2.87. The quantitative estimate of drug-likeness (QED) is 0.487. The van der Waals surface area contributed by atoms with Gasteiger partial charge in [0.2, 0.25) is 5.91 Å². The van der Waals surface area contributed by atoms with Gasteiger partial charge in [0.1, 0.15) is 30.2 Å². The molecule has 2 aromatic heterocycles. The molecule has 1 aliphatic rings. The van der Waals surface area contributed by atoms with Gasteiger partial charge in [-0.1, -0.05) is 12.5 Å². The first kappa shape index (κ1) is 20.3. The molecule has 1 aromatic carbocycles. The molecular formula is C22H19F2N5O2. The number of nitrogens with zero attached hydrogens (tertiary/aromatic N) is 3. The Labute approximate surface area is 177 Å². The molecule has 4 rings (SSSR count). The highest BCUT2D eigenvalue weighted by atomic mass is 19.1. The summed E-state index contributed by atoms with van der Waals surface area (Å²) in [5.74, 6) is 4.77. The van der Waals surface area contributed by atoms with Crippen LogP contribution in [0.15, 0.2) is 43.2 Å². The first-order valence-electron chi connectivity index (χ1n) is 9.62.